The zero-order chi connectivity index (χ0) is 4.83. The molecule has 0 spiro atoms. The van der Waals surface area contributed by atoms with E-state index in [1.165, 1.54) is 12.8 Å². The van der Waals surface area contributed by atoms with Gasteiger partial charge in [-0.1, -0.05) is 26.0 Å². The average Bonchev–Trinajstić information content (AvgIpc) is 1.61. The molecule has 0 atom stereocenters. The largest absolute Gasteiger partial charge is 0.197 e. The van der Waals surface area contributed by atoms with Gasteiger partial charge in [0, 0.05) is 0 Å². The highest BCUT2D eigenvalue weighted by Crippen LogP contribution is 1.81. The zero-order valence-electron chi connectivity index (χ0n) is 5.07. The fourth-order valence-corrected chi connectivity index (χ4v) is 0.333. The van der Waals surface area contributed by atoms with Gasteiger partial charge in [-0.2, -0.15) is 13.5 Å². The highest BCUT2D eigenvalue weighted by atomic mass is 32.1. The maximum atomic E-state index is 2.18. The van der Waals surface area contributed by atoms with Crippen molar-refractivity contribution in [2.75, 3.05) is 0 Å². The Kier molecular flexibility index (Phi) is 13.7. The van der Waals surface area contributed by atoms with Gasteiger partial charge in [-0.15, -0.1) is 0 Å². The third kappa shape index (κ3) is 10.7. The minimum Gasteiger partial charge on any atom is -0.197 e. The molecule has 0 bridgehead atoms. The van der Waals surface area contributed by atoms with Gasteiger partial charge in [-0.3, -0.25) is 0 Å². The van der Waals surface area contributed by atoms with Crippen LogP contribution in [0.1, 0.15) is 26.7 Å². The lowest BCUT2D eigenvalue weighted by molar-refractivity contribution is 1.16. The summed E-state index contributed by atoms with van der Waals surface area (Å²) in [6, 6.07) is 0. The SMILES string of the molecule is CCC=CCC.S. The Morgan fingerprint density at radius 1 is 1.00 bits per heavy atom. The predicted molar refractivity (Wildman–Crippen MR) is 40.1 cm³/mol. The number of hydrogen-bond acceptors (Lipinski definition) is 0. The average molecular weight is 118 g/mol. The predicted octanol–water partition coefficient (Wildman–Crippen LogP) is 2.48. The summed E-state index contributed by atoms with van der Waals surface area (Å²) in [6.07, 6.45) is 6.71. The van der Waals surface area contributed by atoms with E-state index in [0.717, 1.165) is 0 Å². The molecule has 0 saturated carbocycles. The van der Waals surface area contributed by atoms with Crippen molar-refractivity contribution in [3.63, 3.8) is 0 Å². The lowest BCUT2D eigenvalue weighted by Crippen LogP contribution is -1.51. The van der Waals surface area contributed by atoms with Crippen LogP contribution in [0.15, 0.2) is 12.2 Å². The van der Waals surface area contributed by atoms with Gasteiger partial charge in [0.25, 0.3) is 0 Å². The van der Waals surface area contributed by atoms with Gasteiger partial charge in [0.1, 0.15) is 0 Å². The van der Waals surface area contributed by atoms with Gasteiger partial charge < -0.3 is 0 Å². The van der Waals surface area contributed by atoms with Gasteiger partial charge in [0.05, 0.1) is 0 Å². The van der Waals surface area contributed by atoms with Crippen LogP contribution in [0, 0.1) is 0 Å². The van der Waals surface area contributed by atoms with Crippen molar-refractivity contribution in [1.29, 1.82) is 0 Å². The first-order valence-electron chi connectivity index (χ1n) is 2.56. The number of allylic oxidation sites excluding steroid dienone is 2. The van der Waals surface area contributed by atoms with Crippen LogP contribution >= 0.6 is 13.5 Å². The highest BCUT2D eigenvalue weighted by molar-refractivity contribution is 7.59. The third-order valence-electron chi connectivity index (χ3n) is 0.638. The third-order valence-corrected chi connectivity index (χ3v) is 0.638. The molecule has 0 aliphatic heterocycles. The van der Waals surface area contributed by atoms with Crippen molar-refractivity contribution < 1.29 is 0 Å². The van der Waals surface area contributed by atoms with Crippen molar-refractivity contribution >= 4 is 13.5 Å². The molecule has 0 rings (SSSR count). The molecule has 0 aromatic heterocycles. The molecule has 44 valence electrons. The summed E-state index contributed by atoms with van der Waals surface area (Å²) in [5.41, 5.74) is 0. The molecule has 0 nitrogen and oxygen atoms in total. The van der Waals surface area contributed by atoms with Crippen LogP contribution in [0.4, 0.5) is 0 Å². The Hall–Kier alpha value is 0.0900. The molecule has 0 fully saturated rings. The molecule has 1 heteroatoms. The van der Waals surface area contributed by atoms with Crippen LogP contribution in [-0.4, -0.2) is 0 Å². The Morgan fingerprint density at radius 3 is 1.43 bits per heavy atom. The summed E-state index contributed by atoms with van der Waals surface area (Å²) in [5, 5.41) is 0. The van der Waals surface area contributed by atoms with Crippen LogP contribution in [-0.2, 0) is 0 Å². The van der Waals surface area contributed by atoms with Crippen LogP contribution < -0.4 is 0 Å². The van der Waals surface area contributed by atoms with E-state index in [-0.39, 0.29) is 13.5 Å². The molecule has 0 N–H and O–H groups in total. The summed E-state index contributed by atoms with van der Waals surface area (Å²) in [4.78, 5) is 0. The normalized spacial score (nSPS) is 8.86. The fraction of sp³-hybridized carbons (Fsp3) is 0.667. The molecule has 0 heterocycles. The van der Waals surface area contributed by atoms with Gasteiger partial charge >= 0.3 is 0 Å². The van der Waals surface area contributed by atoms with E-state index in [4.69, 9.17) is 0 Å². The van der Waals surface area contributed by atoms with E-state index < -0.39 is 0 Å². The van der Waals surface area contributed by atoms with Crippen molar-refractivity contribution in [3.05, 3.63) is 12.2 Å². The van der Waals surface area contributed by atoms with Crippen molar-refractivity contribution in [2.24, 2.45) is 0 Å². The molecule has 0 aromatic carbocycles. The maximum Gasteiger partial charge on any atom is -0.0379 e. The monoisotopic (exact) mass is 118 g/mol. The number of rotatable bonds is 2. The van der Waals surface area contributed by atoms with E-state index in [0.29, 0.717) is 0 Å². The quantitative estimate of drug-likeness (QED) is 0.489. The minimum atomic E-state index is 0. The Balaban J connectivity index is 0. The topological polar surface area (TPSA) is 0 Å². The maximum absolute atomic E-state index is 2.18. The smallest absolute Gasteiger partial charge is 0.0379 e. The molecule has 0 radical (unpaired) electrons. The van der Waals surface area contributed by atoms with Crippen molar-refractivity contribution in [2.45, 2.75) is 26.7 Å². The van der Waals surface area contributed by atoms with E-state index in [1.807, 2.05) is 0 Å². The molecule has 0 unspecified atom stereocenters. The highest BCUT2D eigenvalue weighted by Gasteiger charge is 1.60. The molecule has 0 aromatic rings. The van der Waals surface area contributed by atoms with Crippen LogP contribution in [0.25, 0.3) is 0 Å². The molecular weight excluding hydrogens is 104 g/mol. The second-order valence-corrected chi connectivity index (χ2v) is 1.29. The zero-order valence-corrected chi connectivity index (χ0v) is 6.07. The lowest BCUT2D eigenvalue weighted by atomic mass is 10.4. The molecule has 0 aliphatic carbocycles. The fourth-order valence-electron chi connectivity index (χ4n) is 0.333. The van der Waals surface area contributed by atoms with E-state index in [1.54, 1.807) is 0 Å². The summed E-state index contributed by atoms with van der Waals surface area (Å²) < 4.78 is 0. The van der Waals surface area contributed by atoms with Gasteiger partial charge in [-0.05, 0) is 12.8 Å². The van der Waals surface area contributed by atoms with Gasteiger partial charge in [-0.25, -0.2) is 0 Å². The second kappa shape index (κ2) is 9.43. The summed E-state index contributed by atoms with van der Waals surface area (Å²) in [5.74, 6) is 0. The first-order valence-corrected chi connectivity index (χ1v) is 2.56. The molecule has 0 saturated heterocycles. The van der Waals surface area contributed by atoms with Crippen LogP contribution in [0.5, 0.6) is 0 Å². The molecular formula is C6H14S. The standard InChI is InChI=1S/C6H12.H2S/c1-3-5-6-4-2;/h5-6H,3-4H2,1-2H3;1H2. The Morgan fingerprint density at radius 2 is 1.29 bits per heavy atom. The second-order valence-electron chi connectivity index (χ2n) is 1.29. The van der Waals surface area contributed by atoms with Gasteiger partial charge in [0.15, 0.2) is 0 Å². The molecule has 0 aliphatic rings. The van der Waals surface area contributed by atoms with Crippen molar-refractivity contribution in [3.8, 4) is 0 Å². The first kappa shape index (κ1) is 10.1. The minimum absolute atomic E-state index is 0. The van der Waals surface area contributed by atoms with Gasteiger partial charge in [0.2, 0.25) is 0 Å². The summed E-state index contributed by atoms with van der Waals surface area (Å²) >= 11 is 0. The molecule has 0 amide bonds. The van der Waals surface area contributed by atoms with E-state index in [2.05, 4.69) is 26.0 Å². The molecule has 7 heavy (non-hydrogen) atoms. The van der Waals surface area contributed by atoms with E-state index >= 15 is 0 Å². The van der Waals surface area contributed by atoms with Crippen LogP contribution in [0.2, 0.25) is 0 Å². The number of hydrogen-bond donors (Lipinski definition) is 0. The Bertz CT molecular complexity index is 33.4. The summed E-state index contributed by atoms with van der Waals surface area (Å²) in [7, 11) is 0. The summed E-state index contributed by atoms with van der Waals surface area (Å²) in [6.45, 7) is 4.29. The lowest BCUT2D eigenvalue weighted by Gasteiger charge is -1.72. The first-order chi connectivity index (χ1) is 2.91. The van der Waals surface area contributed by atoms with Crippen LogP contribution in [0.3, 0.4) is 0 Å². The van der Waals surface area contributed by atoms with E-state index in [9.17, 15) is 0 Å². The Labute approximate surface area is 53.1 Å². The van der Waals surface area contributed by atoms with Crippen molar-refractivity contribution in [1.82, 2.24) is 0 Å².